The zero-order chi connectivity index (χ0) is 10.7. The smallest absolute Gasteiger partial charge is 0.291 e. The van der Waals surface area contributed by atoms with E-state index in [-0.39, 0.29) is 23.5 Å². The third kappa shape index (κ3) is 1.95. The summed E-state index contributed by atoms with van der Waals surface area (Å²) in [6, 6.07) is 0.00135. The first-order chi connectivity index (χ1) is 6.56. The van der Waals surface area contributed by atoms with E-state index >= 15 is 0 Å². The van der Waals surface area contributed by atoms with Crippen molar-refractivity contribution < 1.29 is 18.8 Å². The lowest BCUT2D eigenvalue weighted by Crippen LogP contribution is -2.41. The van der Waals surface area contributed by atoms with E-state index in [0.717, 1.165) is 0 Å². The fraction of sp³-hybridized carbons (Fsp3) is 0.500. The quantitative estimate of drug-likeness (QED) is 0.560. The number of carbonyl (C=O) groups excluding carboxylic acids is 2. The Morgan fingerprint density at radius 2 is 2.29 bits per heavy atom. The maximum absolute atomic E-state index is 10.7. The first kappa shape index (κ1) is 10.4. The summed E-state index contributed by atoms with van der Waals surface area (Å²) in [5.41, 5.74) is 0.232. The van der Waals surface area contributed by atoms with Crippen LogP contribution in [0.25, 0.3) is 0 Å². The minimum absolute atomic E-state index is 0.00135. The van der Waals surface area contributed by atoms with Crippen LogP contribution >= 0.6 is 0 Å². The van der Waals surface area contributed by atoms with E-state index in [1.165, 1.54) is 11.6 Å². The second-order valence-electron chi connectivity index (χ2n) is 3.12. The minimum Gasteiger partial charge on any atom is -0.291 e. The van der Waals surface area contributed by atoms with Crippen LogP contribution in [0.5, 0.6) is 0 Å². The van der Waals surface area contributed by atoms with Gasteiger partial charge in [-0.1, -0.05) is 0 Å². The Balaban J connectivity index is 3.07. The molecule has 0 spiro atoms. The number of hydrogen-bond acceptors (Lipinski definition) is 4. The Bertz CT molecular complexity index is 357. The molecule has 6 heteroatoms. The molecule has 76 valence electrons. The Morgan fingerprint density at radius 1 is 1.64 bits per heavy atom. The zero-order valence-corrected chi connectivity index (χ0v) is 8.27. The van der Waals surface area contributed by atoms with E-state index in [1.54, 1.807) is 0 Å². The zero-order valence-electron chi connectivity index (χ0n) is 8.27. The number of amides is 1. The van der Waals surface area contributed by atoms with Crippen LogP contribution < -0.4 is 10.00 Å². The molecule has 0 fully saturated rings. The number of hydrogen-bond donors (Lipinski definition) is 1. The van der Waals surface area contributed by atoms with Gasteiger partial charge < -0.3 is 0 Å². The number of rotatable bonds is 3. The third-order valence-corrected chi connectivity index (χ3v) is 1.59. The highest BCUT2D eigenvalue weighted by Gasteiger charge is 2.26. The molecular weight excluding hydrogens is 186 g/mol. The summed E-state index contributed by atoms with van der Waals surface area (Å²) in [6.45, 7) is 5.04. The summed E-state index contributed by atoms with van der Waals surface area (Å²) >= 11 is 0. The van der Waals surface area contributed by atoms with Crippen molar-refractivity contribution in [2.24, 2.45) is 0 Å². The maximum Gasteiger partial charge on any atom is 0.337 e. The average Bonchev–Trinajstić information content (AvgIpc) is 2.46. The fourth-order valence-corrected chi connectivity index (χ4v) is 1.01. The lowest BCUT2D eigenvalue weighted by Gasteiger charge is -1.92. The van der Waals surface area contributed by atoms with E-state index in [2.05, 4.69) is 10.6 Å². The second-order valence-corrected chi connectivity index (χ2v) is 3.12. The van der Waals surface area contributed by atoms with Crippen LogP contribution in [0.3, 0.4) is 0 Å². The van der Waals surface area contributed by atoms with Crippen molar-refractivity contribution >= 4 is 18.1 Å². The van der Waals surface area contributed by atoms with Crippen molar-refractivity contribution in [1.82, 2.24) is 5.27 Å². The van der Waals surface area contributed by atoms with Crippen molar-refractivity contribution in [2.45, 2.75) is 26.8 Å². The fourth-order valence-electron chi connectivity index (χ4n) is 1.01. The summed E-state index contributed by atoms with van der Waals surface area (Å²) in [4.78, 5) is 21.5. The number of nitrogens with one attached hydrogen (secondary N) is 1. The first-order valence-electron chi connectivity index (χ1n) is 4.20. The number of nitrogens with zero attached hydrogens (tertiary/aromatic N) is 2. The van der Waals surface area contributed by atoms with Crippen molar-refractivity contribution in [3.05, 3.63) is 5.69 Å². The normalized spacial score (nSPS) is 10.3. The molecule has 0 saturated carbocycles. The molecule has 1 rings (SSSR count). The van der Waals surface area contributed by atoms with Gasteiger partial charge in [0, 0.05) is 20.8 Å². The van der Waals surface area contributed by atoms with Gasteiger partial charge in [0.05, 0.1) is 0 Å². The molecular formula is C8H12N3O3+. The first-order valence-corrected chi connectivity index (χ1v) is 4.20. The lowest BCUT2D eigenvalue weighted by molar-refractivity contribution is -0.780. The summed E-state index contributed by atoms with van der Waals surface area (Å²) in [5.74, 6) is -0.221. The highest BCUT2D eigenvalue weighted by molar-refractivity contribution is 5.91. The maximum atomic E-state index is 10.7. The predicted molar refractivity (Wildman–Crippen MR) is 46.8 cm³/mol. The van der Waals surface area contributed by atoms with E-state index in [1.807, 2.05) is 13.8 Å². The molecule has 0 bridgehead atoms. The molecule has 0 unspecified atom stereocenters. The van der Waals surface area contributed by atoms with Crippen LogP contribution in [-0.4, -0.2) is 17.5 Å². The highest BCUT2D eigenvalue weighted by atomic mass is 16.5. The van der Waals surface area contributed by atoms with Gasteiger partial charge in [0.25, 0.3) is 0 Å². The molecule has 1 aromatic rings. The van der Waals surface area contributed by atoms with Crippen molar-refractivity contribution in [1.29, 1.82) is 0 Å². The molecule has 0 atom stereocenters. The summed E-state index contributed by atoms with van der Waals surface area (Å²) in [6.07, 6.45) is 0.599. The van der Waals surface area contributed by atoms with Gasteiger partial charge in [-0.05, 0) is 4.68 Å². The van der Waals surface area contributed by atoms with Crippen LogP contribution in [0.2, 0.25) is 0 Å². The van der Waals surface area contributed by atoms with Crippen LogP contribution in [0.4, 0.5) is 5.88 Å². The standard InChI is InChI=1S/C8H11N3O3/c1-5(2)11-7(4-12)8(14-10-11)9-6(3)13/h4-5H,1-3H3/p+1. The second kappa shape index (κ2) is 3.99. The molecule has 1 aromatic heterocycles. The SMILES string of the molecule is CC(=O)Nc1on[n+](C(C)C)c1C=O. The Labute approximate surface area is 80.9 Å². The van der Waals surface area contributed by atoms with Crippen molar-refractivity contribution in [3.63, 3.8) is 0 Å². The van der Waals surface area contributed by atoms with Crippen LogP contribution in [-0.2, 0) is 4.79 Å². The van der Waals surface area contributed by atoms with Gasteiger partial charge >= 0.3 is 11.6 Å². The molecule has 14 heavy (non-hydrogen) atoms. The van der Waals surface area contributed by atoms with E-state index in [0.29, 0.717) is 6.29 Å². The summed E-state index contributed by atoms with van der Waals surface area (Å²) in [7, 11) is 0. The van der Waals surface area contributed by atoms with E-state index in [4.69, 9.17) is 4.52 Å². The molecule has 0 aromatic carbocycles. The van der Waals surface area contributed by atoms with Gasteiger partial charge in [-0.3, -0.25) is 19.4 Å². The van der Waals surface area contributed by atoms with E-state index < -0.39 is 0 Å². The number of anilines is 1. The van der Waals surface area contributed by atoms with Crippen molar-refractivity contribution in [3.8, 4) is 0 Å². The van der Waals surface area contributed by atoms with Crippen LogP contribution in [0, 0.1) is 0 Å². The summed E-state index contributed by atoms with van der Waals surface area (Å²) < 4.78 is 6.21. The summed E-state index contributed by atoms with van der Waals surface area (Å²) in [5, 5.41) is 6.01. The topological polar surface area (TPSA) is 76.1 Å². The molecule has 1 amide bonds. The monoisotopic (exact) mass is 198 g/mol. The molecule has 0 aliphatic heterocycles. The van der Waals surface area contributed by atoms with Gasteiger partial charge in [0.15, 0.2) is 6.04 Å². The van der Waals surface area contributed by atoms with Gasteiger partial charge in [-0.15, -0.1) is 0 Å². The number of aldehydes is 1. The van der Waals surface area contributed by atoms with E-state index in [9.17, 15) is 9.59 Å². The Hall–Kier alpha value is -1.72. The van der Waals surface area contributed by atoms with Gasteiger partial charge in [0.1, 0.15) is 0 Å². The molecule has 0 aliphatic carbocycles. The predicted octanol–water partition coefficient (Wildman–Crippen LogP) is 0.314. The Kier molecular flexibility index (Phi) is 2.95. The average molecular weight is 198 g/mol. The van der Waals surface area contributed by atoms with Crippen LogP contribution in [0.1, 0.15) is 37.3 Å². The van der Waals surface area contributed by atoms with Gasteiger partial charge in [0.2, 0.25) is 17.5 Å². The van der Waals surface area contributed by atoms with Crippen molar-refractivity contribution in [2.75, 3.05) is 5.32 Å². The lowest BCUT2D eigenvalue weighted by atomic mass is 10.3. The highest BCUT2D eigenvalue weighted by Crippen LogP contribution is 2.09. The largest absolute Gasteiger partial charge is 0.337 e. The Morgan fingerprint density at radius 3 is 2.71 bits per heavy atom. The van der Waals surface area contributed by atoms with Gasteiger partial charge in [-0.25, -0.2) is 0 Å². The minimum atomic E-state index is -0.305. The third-order valence-electron chi connectivity index (χ3n) is 1.59. The molecule has 1 heterocycles. The number of aromatic nitrogens is 2. The molecule has 6 nitrogen and oxygen atoms in total. The molecule has 1 N–H and O–H groups in total. The molecule has 0 aliphatic rings. The molecule has 0 saturated heterocycles. The van der Waals surface area contributed by atoms with Crippen LogP contribution in [0.15, 0.2) is 4.52 Å². The number of carbonyl (C=O) groups is 2. The molecule has 0 radical (unpaired) electrons. The van der Waals surface area contributed by atoms with Gasteiger partial charge in [-0.2, -0.15) is 0 Å².